The number of rotatable bonds is 4. The molecule has 3 amide bonds. The third-order valence-electron chi connectivity index (χ3n) is 4.79. The zero-order valence-corrected chi connectivity index (χ0v) is 15.0. The number of aryl methyl sites for hydroxylation is 1. The summed E-state index contributed by atoms with van der Waals surface area (Å²) in [4.78, 5) is 26.1. The van der Waals surface area contributed by atoms with E-state index in [4.69, 9.17) is 0 Å². The zero-order valence-electron chi connectivity index (χ0n) is 15.0. The predicted octanol–water partition coefficient (Wildman–Crippen LogP) is 3.79. The Bertz CT molecular complexity index is 586. The number of anilines is 1. The van der Waals surface area contributed by atoms with Crippen LogP contribution in [0.15, 0.2) is 18.2 Å². The molecular weight excluding hydrogens is 302 g/mol. The van der Waals surface area contributed by atoms with Crippen LogP contribution < -0.4 is 10.6 Å². The van der Waals surface area contributed by atoms with Gasteiger partial charge in [0.15, 0.2) is 0 Å². The van der Waals surface area contributed by atoms with Crippen molar-refractivity contribution in [1.29, 1.82) is 0 Å². The summed E-state index contributed by atoms with van der Waals surface area (Å²) in [5.74, 6) is 0.631. The summed E-state index contributed by atoms with van der Waals surface area (Å²) in [5.41, 5.74) is 2.26. The molecule has 132 valence electrons. The topological polar surface area (TPSA) is 61.4 Å². The molecule has 1 aromatic rings. The van der Waals surface area contributed by atoms with Gasteiger partial charge in [0, 0.05) is 31.4 Å². The van der Waals surface area contributed by atoms with Crippen LogP contribution in [0.4, 0.5) is 10.5 Å². The first kappa shape index (κ1) is 18.3. The number of carbonyl (C=O) groups is 2. The smallest absolute Gasteiger partial charge is 0.321 e. The molecule has 0 bridgehead atoms. The maximum atomic E-state index is 12.5. The second-order valence-corrected chi connectivity index (χ2v) is 6.61. The van der Waals surface area contributed by atoms with Crippen molar-refractivity contribution in [3.8, 4) is 0 Å². The first-order valence-corrected chi connectivity index (χ1v) is 8.93. The van der Waals surface area contributed by atoms with Crippen molar-refractivity contribution in [3.63, 3.8) is 0 Å². The summed E-state index contributed by atoms with van der Waals surface area (Å²) in [6, 6.07) is 5.30. The fraction of sp³-hybridized carbons (Fsp3) is 0.579. The number of hydrogen-bond acceptors (Lipinski definition) is 2. The van der Waals surface area contributed by atoms with Gasteiger partial charge >= 0.3 is 6.03 Å². The molecule has 1 heterocycles. The van der Waals surface area contributed by atoms with E-state index in [0.717, 1.165) is 43.1 Å². The summed E-state index contributed by atoms with van der Waals surface area (Å²) in [6.45, 7) is 5.77. The van der Waals surface area contributed by atoms with Crippen molar-refractivity contribution in [1.82, 2.24) is 10.2 Å². The maximum Gasteiger partial charge on any atom is 0.321 e. The second kappa shape index (κ2) is 8.71. The van der Waals surface area contributed by atoms with Crippen LogP contribution >= 0.6 is 0 Å². The molecule has 0 aliphatic carbocycles. The Morgan fingerprint density at radius 3 is 2.71 bits per heavy atom. The van der Waals surface area contributed by atoms with Crippen LogP contribution in [-0.2, 0) is 0 Å². The highest BCUT2D eigenvalue weighted by atomic mass is 16.2. The number of carbonyl (C=O) groups excluding carboxylic acids is 2. The van der Waals surface area contributed by atoms with E-state index in [0.29, 0.717) is 5.56 Å². The van der Waals surface area contributed by atoms with E-state index < -0.39 is 0 Å². The van der Waals surface area contributed by atoms with Crippen molar-refractivity contribution >= 4 is 17.6 Å². The van der Waals surface area contributed by atoms with Gasteiger partial charge in [-0.3, -0.25) is 4.79 Å². The van der Waals surface area contributed by atoms with Crippen LogP contribution in [0.25, 0.3) is 0 Å². The Labute approximate surface area is 144 Å². The second-order valence-electron chi connectivity index (χ2n) is 6.61. The molecule has 1 aliphatic heterocycles. The molecule has 1 aromatic carbocycles. The van der Waals surface area contributed by atoms with Crippen molar-refractivity contribution < 1.29 is 9.59 Å². The SMILES string of the molecule is CCCC1CCCN(C(=O)Nc2ccc(C(=O)NC)cc2C)CC1. The molecule has 0 aromatic heterocycles. The number of nitrogens with one attached hydrogen (secondary N) is 2. The lowest BCUT2D eigenvalue weighted by Gasteiger charge is -2.22. The van der Waals surface area contributed by atoms with Crippen LogP contribution in [0.3, 0.4) is 0 Å². The minimum Gasteiger partial charge on any atom is -0.355 e. The monoisotopic (exact) mass is 331 g/mol. The molecule has 1 atom stereocenters. The van der Waals surface area contributed by atoms with Gasteiger partial charge in [0.2, 0.25) is 0 Å². The Morgan fingerprint density at radius 2 is 2.04 bits per heavy atom. The summed E-state index contributed by atoms with van der Waals surface area (Å²) >= 11 is 0. The van der Waals surface area contributed by atoms with Crippen LogP contribution in [-0.4, -0.2) is 37.0 Å². The molecule has 24 heavy (non-hydrogen) atoms. The maximum absolute atomic E-state index is 12.5. The number of likely N-dealkylation sites (tertiary alicyclic amines) is 1. The highest BCUT2D eigenvalue weighted by Gasteiger charge is 2.20. The van der Waals surface area contributed by atoms with E-state index in [1.54, 1.807) is 25.2 Å². The Balaban J connectivity index is 1.98. The highest BCUT2D eigenvalue weighted by molar-refractivity contribution is 5.96. The van der Waals surface area contributed by atoms with Gasteiger partial charge in [-0.15, -0.1) is 0 Å². The highest BCUT2D eigenvalue weighted by Crippen LogP contribution is 2.23. The minimum atomic E-state index is -0.120. The zero-order chi connectivity index (χ0) is 17.5. The lowest BCUT2D eigenvalue weighted by Crippen LogP contribution is -2.36. The number of hydrogen-bond donors (Lipinski definition) is 2. The summed E-state index contributed by atoms with van der Waals surface area (Å²) in [7, 11) is 1.61. The molecule has 0 spiro atoms. The van der Waals surface area contributed by atoms with E-state index in [1.807, 2.05) is 11.8 Å². The van der Waals surface area contributed by atoms with E-state index in [2.05, 4.69) is 17.6 Å². The fourth-order valence-electron chi connectivity index (χ4n) is 3.35. The van der Waals surface area contributed by atoms with Gasteiger partial charge in [0.05, 0.1) is 0 Å². The van der Waals surface area contributed by atoms with E-state index in [1.165, 1.54) is 19.3 Å². The molecular formula is C19H29N3O2. The van der Waals surface area contributed by atoms with Crippen molar-refractivity contribution in [3.05, 3.63) is 29.3 Å². The van der Waals surface area contributed by atoms with E-state index >= 15 is 0 Å². The standard InChI is InChI=1S/C19H29N3O2/c1-4-6-15-7-5-11-22(12-10-15)19(24)21-17-9-8-16(13-14(17)2)18(23)20-3/h8-9,13,15H,4-7,10-12H2,1-3H3,(H,20,23)(H,21,24). The minimum absolute atomic E-state index is 0.0389. The van der Waals surface area contributed by atoms with Crippen LogP contribution in [0, 0.1) is 12.8 Å². The van der Waals surface area contributed by atoms with Gasteiger partial charge in [-0.2, -0.15) is 0 Å². The van der Waals surface area contributed by atoms with Gasteiger partial charge in [-0.05, 0) is 55.9 Å². The first-order valence-electron chi connectivity index (χ1n) is 8.93. The molecule has 2 rings (SSSR count). The number of nitrogens with zero attached hydrogens (tertiary/aromatic N) is 1. The molecule has 1 unspecified atom stereocenters. The Morgan fingerprint density at radius 1 is 1.25 bits per heavy atom. The molecule has 0 saturated carbocycles. The molecule has 5 heteroatoms. The van der Waals surface area contributed by atoms with Crippen LogP contribution in [0.2, 0.25) is 0 Å². The van der Waals surface area contributed by atoms with Crippen LogP contribution in [0.1, 0.15) is 54.9 Å². The molecule has 2 N–H and O–H groups in total. The predicted molar refractivity (Wildman–Crippen MR) is 97.4 cm³/mol. The van der Waals surface area contributed by atoms with Crippen molar-refractivity contribution in [2.75, 3.05) is 25.5 Å². The summed E-state index contributed by atoms with van der Waals surface area (Å²) in [6.07, 6.45) is 5.86. The van der Waals surface area contributed by atoms with Gasteiger partial charge in [0.1, 0.15) is 0 Å². The van der Waals surface area contributed by atoms with E-state index in [9.17, 15) is 9.59 Å². The number of amides is 3. The average molecular weight is 331 g/mol. The van der Waals surface area contributed by atoms with Crippen molar-refractivity contribution in [2.24, 2.45) is 5.92 Å². The molecule has 5 nitrogen and oxygen atoms in total. The Kier molecular flexibility index (Phi) is 6.64. The largest absolute Gasteiger partial charge is 0.355 e. The molecule has 1 saturated heterocycles. The third-order valence-corrected chi connectivity index (χ3v) is 4.79. The quantitative estimate of drug-likeness (QED) is 0.882. The average Bonchev–Trinajstić information content (AvgIpc) is 2.82. The molecule has 1 fully saturated rings. The molecule has 1 aliphatic rings. The third kappa shape index (κ3) is 4.73. The summed E-state index contributed by atoms with van der Waals surface area (Å²) < 4.78 is 0. The Hall–Kier alpha value is -2.04. The van der Waals surface area contributed by atoms with Crippen molar-refractivity contribution in [2.45, 2.75) is 46.0 Å². The number of benzene rings is 1. The first-order chi connectivity index (χ1) is 11.5. The molecule has 0 radical (unpaired) electrons. The fourth-order valence-corrected chi connectivity index (χ4v) is 3.35. The lowest BCUT2D eigenvalue weighted by molar-refractivity contribution is 0.0963. The normalized spacial score (nSPS) is 18.0. The van der Waals surface area contributed by atoms with Gasteiger partial charge in [-0.1, -0.05) is 19.8 Å². The van der Waals surface area contributed by atoms with Gasteiger partial charge < -0.3 is 15.5 Å². The number of urea groups is 1. The summed E-state index contributed by atoms with van der Waals surface area (Å²) in [5, 5.41) is 5.60. The van der Waals surface area contributed by atoms with E-state index in [-0.39, 0.29) is 11.9 Å². The van der Waals surface area contributed by atoms with Gasteiger partial charge in [-0.25, -0.2) is 4.79 Å². The lowest BCUT2D eigenvalue weighted by atomic mass is 9.96. The van der Waals surface area contributed by atoms with Crippen LogP contribution in [0.5, 0.6) is 0 Å². The van der Waals surface area contributed by atoms with Gasteiger partial charge in [0.25, 0.3) is 5.91 Å².